The molecule has 0 aromatic heterocycles. The second kappa shape index (κ2) is 8.34. The van der Waals surface area contributed by atoms with Gasteiger partial charge < -0.3 is 14.4 Å². The highest BCUT2D eigenvalue weighted by molar-refractivity contribution is 6.06. The molecule has 0 radical (unpaired) electrons. The van der Waals surface area contributed by atoms with Crippen LogP contribution in [0.5, 0.6) is 11.5 Å². The molecule has 0 atom stereocenters. The number of ether oxygens (including phenoxy) is 2. The van der Waals surface area contributed by atoms with Crippen molar-refractivity contribution in [2.24, 2.45) is 10.8 Å². The Labute approximate surface area is 197 Å². The first-order valence-corrected chi connectivity index (χ1v) is 12.1. The van der Waals surface area contributed by atoms with E-state index in [2.05, 4.69) is 39.5 Å². The SMILES string of the molecule is CCOc1ccc(C2C3=C(CC(C)(C)CC3=O)N(CC)C3=C2C(=O)CC(C)(C)C3)cc1OC. The summed E-state index contributed by atoms with van der Waals surface area (Å²) in [6.45, 7) is 14.0. The van der Waals surface area contributed by atoms with Crippen LogP contribution in [0.25, 0.3) is 0 Å². The molecule has 2 aliphatic carbocycles. The van der Waals surface area contributed by atoms with Crippen molar-refractivity contribution in [3.8, 4) is 11.5 Å². The fourth-order valence-electron chi connectivity index (χ4n) is 5.90. The van der Waals surface area contributed by atoms with Crippen LogP contribution < -0.4 is 9.47 Å². The van der Waals surface area contributed by atoms with Gasteiger partial charge >= 0.3 is 0 Å². The molecule has 0 fully saturated rings. The van der Waals surface area contributed by atoms with Crippen molar-refractivity contribution >= 4 is 11.6 Å². The molecular formula is C28H37NO4. The van der Waals surface area contributed by atoms with Crippen LogP contribution in [-0.2, 0) is 9.59 Å². The van der Waals surface area contributed by atoms with E-state index in [-0.39, 0.29) is 28.3 Å². The molecule has 0 unspecified atom stereocenters. The summed E-state index contributed by atoms with van der Waals surface area (Å²) in [5.74, 6) is 1.26. The first-order chi connectivity index (χ1) is 15.5. The predicted octanol–water partition coefficient (Wildman–Crippen LogP) is 5.80. The van der Waals surface area contributed by atoms with Gasteiger partial charge in [-0.2, -0.15) is 0 Å². The van der Waals surface area contributed by atoms with E-state index in [0.717, 1.165) is 47.5 Å². The Morgan fingerprint density at radius 3 is 1.88 bits per heavy atom. The molecule has 33 heavy (non-hydrogen) atoms. The van der Waals surface area contributed by atoms with E-state index >= 15 is 0 Å². The molecule has 1 aromatic rings. The van der Waals surface area contributed by atoms with Gasteiger partial charge in [0.25, 0.3) is 0 Å². The molecule has 5 heteroatoms. The molecule has 3 aliphatic rings. The molecule has 0 spiro atoms. The number of hydrogen-bond donors (Lipinski definition) is 0. The average molecular weight is 452 g/mol. The van der Waals surface area contributed by atoms with Gasteiger partial charge in [-0.15, -0.1) is 0 Å². The van der Waals surface area contributed by atoms with Crippen LogP contribution in [0.4, 0.5) is 0 Å². The lowest BCUT2D eigenvalue weighted by Gasteiger charge is -2.48. The number of ketones is 2. The monoisotopic (exact) mass is 451 g/mol. The smallest absolute Gasteiger partial charge is 0.162 e. The fraction of sp³-hybridized carbons (Fsp3) is 0.571. The average Bonchev–Trinajstić information content (AvgIpc) is 2.71. The summed E-state index contributed by atoms with van der Waals surface area (Å²) in [6, 6.07) is 5.85. The summed E-state index contributed by atoms with van der Waals surface area (Å²) in [6.07, 6.45) is 2.66. The summed E-state index contributed by atoms with van der Waals surface area (Å²) in [4.78, 5) is 29.6. The molecule has 178 valence electrons. The van der Waals surface area contributed by atoms with Crippen molar-refractivity contribution in [2.45, 2.75) is 73.1 Å². The second-order valence-corrected chi connectivity index (χ2v) is 11.1. The van der Waals surface area contributed by atoms with Gasteiger partial charge in [0.2, 0.25) is 0 Å². The molecule has 0 N–H and O–H groups in total. The van der Waals surface area contributed by atoms with E-state index in [4.69, 9.17) is 9.47 Å². The van der Waals surface area contributed by atoms with Crippen LogP contribution in [0, 0.1) is 10.8 Å². The van der Waals surface area contributed by atoms with Gasteiger partial charge in [0, 0.05) is 47.8 Å². The maximum atomic E-state index is 13.6. The molecule has 0 saturated carbocycles. The number of methoxy groups -OCH3 is 1. The zero-order valence-electron chi connectivity index (χ0n) is 21.1. The summed E-state index contributed by atoms with van der Waals surface area (Å²) in [5, 5.41) is 0. The standard InChI is InChI=1S/C28H37NO4/c1-8-29-18-13-27(3,4)15-20(30)25(18)24(26-19(29)14-28(5,6)16-21(26)31)17-10-11-22(33-9-2)23(12-17)32-7/h10-12,24H,8-9,13-16H2,1-7H3. The van der Waals surface area contributed by atoms with Gasteiger partial charge in [0.05, 0.1) is 13.7 Å². The lowest BCUT2D eigenvalue weighted by Crippen LogP contribution is -2.44. The molecular weight excluding hydrogens is 414 g/mol. The Balaban J connectivity index is 1.97. The summed E-state index contributed by atoms with van der Waals surface area (Å²) in [5.41, 5.74) is 4.52. The predicted molar refractivity (Wildman–Crippen MR) is 129 cm³/mol. The minimum atomic E-state index is -0.352. The lowest BCUT2D eigenvalue weighted by molar-refractivity contribution is -0.119. The van der Waals surface area contributed by atoms with Gasteiger partial charge in [-0.05, 0) is 55.2 Å². The maximum Gasteiger partial charge on any atom is 0.162 e. The Morgan fingerprint density at radius 2 is 1.42 bits per heavy atom. The highest BCUT2D eigenvalue weighted by Gasteiger charge is 2.48. The quantitative estimate of drug-likeness (QED) is 0.566. The van der Waals surface area contributed by atoms with E-state index in [1.54, 1.807) is 7.11 Å². The third-order valence-corrected chi connectivity index (χ3v) is 7.16. The van der Waals surface area contributed by atoms with E-state index in [1.807, 2.05) is 25.1 Å². The van der Waals surface area contributed by atoms with Crippen molar-refractivity contribution in [2.75, 3.05) is 20.3 Å². The Bertz CT molecular complexity index is 1010. The molecule has 4 rings (SSSR count). The Morgan fingerprint density at radius 1 is 0.879 bits per heavy atom. The number of hydrogen-bond acceptors (Lipinski definition) is 5. The van der Waals surface area contributed by atoms with Crippen LogP contribution in [0.2, 0.25) is 0 Å². The van der Waals surface area contributed by atoms with Crippen LogP contribution in [0.3, 0.4) is 0 Å². The van der Waals surface area contributed by atoms with E-state index in [0.29, 0.717) is 30.9 Å². The number of carbonyl (C=O) groups is 2. The van der Waals surface area contributed by atoms with Crippen molar-refractivity contribution in [1.29, 1.82) is 0 Å². The van der Waals surface area contributed by atoms with Crippen molar-refractivity contribution in [3.63, 3.8) is 0 Å². The third kappa shape index (κ3) is 4.11. The number of carbonyl (C=O) groups excluding carboxylic acids is 2. The van der Waals surface area contributed by atoms with Gasteiger partial charge in [-0.3, -0.25) is 9.59 Å². The zero-order chi connectivity index (χ0) is 24.1. The molecule has 1 heterocycles. The number of nitrogens with zero attached hydrogens (tertiary/aromatic N) is 1. The first-order valence-electron chi connectivity index (χ1n) is 12.1. The number of Topliss-reactive ketones (excluding diaryl/α,β-unsaturated/α-hetero) is 2. The minimum absolute atomic E-state index is 0.101. The Kier molecular flexibility index (Phi) is 5.96. The summed E-state index contributed by atoms with van der Waals surface area (Å²) in [7, 11) is 1.62. The summed E-state index contributed by atoms with van der Waals surface area (Å²) < 4.78 is 11.3. The van der Waals surface area contributed by atoms with E-state index in [9.17, 15) is 9.59 Å². The van der Waals surface area contributed by atoms with E-state index < -0.39 is 0 Å². The topological polar surface area (TPSA) is 55.8 Å². The highest BCUT2D eigenvalue weighted by atomic mass is 16.5. The zero-order valence-corrected chi connectivity index (χ0v) is 21.1. The molecule has 0 bridgehead atoms. The van der Waals surface area contributed by atoms with Gasteiger partial charge in [-0.1, -0.05) is 33.8 Å². The van der Waals surface area contributed by atoms with Crippen molar-refractivity contribution in [3.05, 3.63) is 46.3 Å². The number of allylic oxidation sites excluding steroid dienone is 4. The lowest BCUT2D eigenvalue weighted by atomic mass is 9.63. The van der Waals surface area contributed by atoms with Crippen molar-refractivity contribution in [1.82, 2.24) is 4.90 Å². The van der Waals surface area contributed by atoms with Crippen LogP contribution in [0.15, 0.2) is 40.7 Å². The number of rotatable bonds is 5. The summed E-state index contributed by atoms with van der Waals surface area (Å²) >= 11 is 0. The molecule has 1 aliphatic heterocycles. The highest BCUT2D eigenvalue weighted by Crippen LogP contribution is 2.54. The molecule has 0 saturated heterocycles. The Hall–Kier alpha value is -2.56. The first kappa shape index (κ1) is 23.6. The normalized spacial score (nSPS) is 22.3. The largest absolute Gasteiger partial charge is 0.493 e. The van der Waals surface area contributed by atoms with Gasteiger partial charge in [0.15, 0.2) is 23.1 Å². The fourth-order valence-corrected chi connectivity index (χ4v) is 5.90. The second-order valence-electron chi connectivity index (χ2n) is 11.1. The minimum Gasteiger partial charge on any atom is -0.493 e. The molecule has 0 amide bonds. The maximum absolute atomic E-state index is 13.6. The molecule has 1 aromatic carbocycles. The van der Waals surface area contributed by atoms with Gasteiger partial charge in [-0.25, -0.2) is 0 Å². The number of benzene rings is 1. The van der Waals surface area contributed by atoms with Crippen LogP contribution >= 0.6 is 0 Å². The van der Waals surface area contributed by atoms with Crippen molar-refractivity contribution < 1.29 is 19.1 Å². The van der Waals surface area contributed by atoms with Crippen LogP contribution in [0.1, 0.15) is 78.7 Å². The van der Waals surface area contributed by atoms with Gasteiger partial charge in [0.1, 0.15) is 0 Å². The molecule has 5 nitrogen and oxygen atoms in total. The van der Waals surface area contributed by atoms with Crippen LogP contribution in [-0.4, -0.2) is 36.7 Å². The third-order valence-electron chi connectivity index (χ3n) is 7.16. The van der Waals surface area contributed by atoms with E-state index in [1.165, 1.54) is 0 Å².